The topological polar surface area (TPSA) is 71.1 Å². The number of anilines is 1. The van der Waals surface area contributed by atoms with Crippen LogP contribution in [0.2, 0.25) is 0 Å². The highest BCUT2D eigenvalue weighted by molar-refractivity contribution is 5.99. The molecule has 0 radical (unpaired) electrons. The number of likely N-dealkylation sites (N-methyl/N-ethyl adjacent to an activating group) is 1. The Bertz CT molecular complexity index is 1090. The Morgan fingerprint density at radius 2 is 1.86 bits per heavy atom. The van der Waals surface area contributed by atoms with Gasteiger partial charge in [0.1, 0.15) is 18.2 Å². The van der Waals surface area contributed by atoms with Gasteiger partial charge in [0.15, 0.2) is 0 Å². The Kier molecular flexibility index (Phi) is 8.82. The first-order chi connectivity index (χ1) is 17.7. The van der Waals surface area contributed by atoms with Crippen molar-refractivity contribution in [2.24, 2.45) is 11.8 Å². The molecule has 1 aliphatic heterocycles. The zero-order valence-electron chi connectivity index (χ0n) is 22.2. The smallest absolute Gasteiger partial charge is 0.257 e. The number of hydrogen-bond acceptors (Lipinski definition) is 5. The highest BCUT2D eigenvalue weighted by Crippen LogP contribution is 2.30. The van der Waals surface area contributed by atoms with Gasteiger partial charge in [0.2, 0.25) is 5.91 Å². The van der Waals surface area contributed by atoms with E-state index in [2.05, 4.69) is 24.1 Å². The van der Waals surface area contributed by atoms with E-state index in [0.29, 0.717) is 43.2 Å². The standard InChI is InChI=1S/C29H38FN3O4/c1-19-15-33(16-21-8-10-23(30)11-9-21)20(2)18-37-26-14-24(31-28(34)22-6-5-7-22)12-13-25(26)29(35)32(3)17-27(19)36-4/h8-14,19-20,22,27H,5-7,15-18H2,1-4H3,(H,31,34)/t19-,20+,27-/m0/s1. The first-order valence-corrected chi connectivity index (χ1v) is 13.1. The first kappa shape index (κ1) is 27.1. The molecule has 0 saturated heterocycles. The number of methoxy groups -OCH3 is 1. The molecule has 2 aliphatic rings. The molecule has 1 N–H and O–H groups in total. The third-order valence-corrected chi connectivity index (χ3v) is 7.62. The number of nitrogens with zero attached hydrogens (tertiary/aromatic N) is 2. The van der Waals surface area contributed by atoms with Gasteiger partial charge < -0.3 is 19.7 Å². The second kappa shape index (κ2) is 12.0. The van der Waals surface area contributed by atoms with Crippen LogP contribution in [0.15, 0.2) is 42.5 Å². The van der Waals surface area contributed by atoms with Gasteiger partial charge in [-0.1, -0.05) is 25.5 Å². The minimum Gasteiger partial charge on any atom is -0.491 e. The summed E-state index contributed by atoms with van der Waals surface area (Å²) in [6.07, 6.45) is 2.75. The number of carbonyl (C=O) groups excluding carboxylic acids is 2. The second-order valence-electron chi connectivity index (χ2n) is 10.5. The van der Waals surface area contributed by atoms with E-state index in [9.17, 15) is 14.0 Å². The zero-order valence-corrected chi connectivity index (χ0v) is 22.2. The van der Waals surface area contributed by atoms with E-state index in [-0.39, 0.29) is 41.6 Å². The van der Waals surface area contributed by atoms with Crippen molar-refractivity contribution in [3.8, 4) is 5.75 Å². The van der Waals surface area contributed by atoms with Crippen LogP contribution in [0.1, 0.15) is 49.0 Å². The normalized spacial score (nSPS) is 23.8. The number of amides is 2. The molecule has 0 spiro atoms. The lowest BCUT2D eigenvalue weighted by Crippen LogP contribution is -2.46. The van der Waals surface area contributed by atoms with Crippen molar-refractivity contribution in [3.63, 3.8) is 0 Å². The maximum Gasteiger partial charge on any atom is 0.257 e. The quantitative estimate of drug-likeness (QED) is 0.637. The second-order valence-corrected chi connectivity index (χ2v) is 10.5. The molecular formula is C29H38FN3O4. The van der Waals surface area contributed by atoms with Crippen LogP contribution in [0.4, 0.5) is 10.1 Å². The lowest BCUT2D eigenvalue weighted by molar-refractivity contribution is -0.122. The molecule has 2 aromatic rings. The number of hydrogen-bond donors (Lipinski definition) is 1. The van der Waals surface area contributed by atoms with Gasteiger partial charge in [-0.15, -0.1) is 0 Å². The molecule has 1 fully saturated rings. The van der Waals surface area contributed by atoms with Crippen molar-refractivity contribution < 1.29 is 23.5 Å². The van der Waals surface area contributed by atoms with E-state index in [1.807, 2.05) is 0 Å². The van der Waals surface area contributed by atoms with Gasteiger partial charge in [-0.3, -0.25) is 14.5 Å². The summed E-state index contributed by atoms with van der Waals surface area (Å²) in [4.78, 5) is 29.9. The Labute approximate surface area is 218 Å². The number of nitrogens with one attached hydrogen (secondary N) is 1. The van der Waals surface area contributed by atoms with Gasteiger partial charge in [0, 0.05) is 57.5 Å². The lowest BCUT2D eigenvalue weighted by Gasteiger charge is -2.36. The zero-order chi connectivity index (χ0) is 26.5. The van der Waals surface area contributed by atoms with Crippen molar-refractivity contribution in [3.05, 3.63) is 59.4 Å². The van der Waals surface area contributed by atoms with Gasteiger partial charge in [-0.25, -0.2) is 4.39 Å². The van der Waals surface area contributed by atoms with E-state index in [4.69, 9.17) is 9.47 Å². The molecule has 1 saturated carbocycles. The molecule has 8 heteroatoms. The Hall–Kier alpha value is -2.97. The fraction of sp³-hybridized carbons (Fsp3) is 0.517. The number of rotatable bonds is 5. The molecule has 200 valence electrons. The molecule has 7 nitrogen and oxygen atoms in total. The van der Waals surface area contributed by atoms with E-state index in [0.717, 1.165) is 24.8 Å². The summed E-state index contributed by atoms with van der Waals surface area (Å²) >= 11 is 0. The Morgan fingerprint density at radius 1 is 1.14 bits per heavy atom. The van der Waals surface area contributed by atoms with Crippen LogP contribution in [0.5, 0.6) is 5.75 Å². The van der Waals surface area contributed by atoms with E-state index < -0.39 is 0 Å². The molecule has 2 aromatic carbocycles. The van der Waals surface area contributed by atoms with Gasteiger partial charge in [0.05, 0.1) is 11.7 Å². The summed E-state index contributed by atoms with van der Waals surface area (Å²) in [6, 6.07) is 11.8. The van der Waals surface area contributed by atoms with Crippen LogP contribution in [0.25, 0.3) is 0 Å². The number of ether oxygens (including phenoxy) is 2. The van der Waals surface area contributed by atoms with Crippen molar-refractivity contribution in [1.82, 2.24) is 9.80 Å². The maximum atomic E-state index is 13.5. The SMILES string of the molecule is CO[C@H]1CN(C)C(=O)c2ccc(NC(=O)C3CCC3)cc2OC[C@@H](C)N(Cc2ccc(F)cc2)C[C@@H]1C. The maximum absolute atomic E-state index is 13.5. The summed E-state index contributed by atoms with van der Waals surface area (Å²) in [5.74, 6) is 0.232. The van der Waals surface area contributed by atoms with Gasteiger partial charge >= 0.3 is 0 Å². The van der Waals surface area contributed by atoms with E-state index in [1.165, 1.54) is 12.1 Å². The van der Waals surface area contributed by atoms with Crippen LogP contribution in [0, 0.1) is 17.7 Å². The van der Waals surface area contributed by atoms with Crippen molar-refractivity contribution in [2.75, 3.05) is 39.2 Å². The summed E-state index contributed by atoms with van der Waals surface area (Å²) < 4.78 is 25.6. The molecule has 0 aromatic heterocycles. The van der Waals surface area contributed by atoms with Crippen molar-refractivity contribution >= 4 is 17.5 Å². The summed E-state index contributed by atoms with van der Waals surface area (Å²) in [5, 5.41) is 2.98. The summed E-state index contributed by atoms with van der Waals surface area (Å²) in [7, 11) is 3.44. The first-order valence-electron chi connectivity index (χ1n) is 13.1. The molecule has 0 bridgehead atoms. The molecule has 1 aliphatic carbocycles. The average Bonchev–Trinajstić information content (AvgIpc) is 2.84. The molecule has 3 atom stereocenters. The molecule has 4 rings (SSSR count). The minimum absolute atomic E-state index is 0.00154. The van der Waals surface area contributed by atoms with E-state index >= 15 is 0 Å². The van der Waals surface area contributed by atoms with Crippen LogP contribution in [-0.4, -0.2) is 67.6 Å². The third kappa shape index (κ3) is 6.67. The highest BCUT2D eigenvalue weighted by atomic mass is 19.1. The van der Waals surface area contributed by atoms with Crippen LogP contribution in [0.3, 0.4) is 0 Å². The highest BCUT2D eigenvalue weighted by Gasteiger charge is 2.29. The lowest BCUT2D eigenvalue weighted by atomic mass is 9.85. The number of benzene rings is 2. The minimum atomic E-state index is -0.258. The molecule has 1 heterocycles. The van der Waals surface area contributed by atoms with Crippen LogP contribution in [-0.2, 0) is 16.1 Å². The molecule has 37 heavy (non-hydrogen) atoms. The van der Waals surface area contributed by atoms with Crippen LogP contribution >= 0.6 is 0 Å². The van der Waals surface area contributed by atoms with Crippen molar-refractivity contribution in [1.29, 1.82) is 0 Å². The third-order valence-electron chi connectivity index (χ3n) is 7.62. The summed E-state index contributed by atoms with van der Waals surface area (Å²) in [5.41, 5.74) is 2.08. The van der Waals surface area contributed by atoms with Crippen LogP contribution < -0.4 is 10.1 Å². The van der Waals surface area contributed by atoms with Crippen molar-refractivity contribution in [2.45, 2.75) is 51.8 Å². The number of carbonyl (C=O) groups is 2. The monoisotopic (exact) mass is 511 g/mol. The molecule has 0 unspecified atom stereocenters. The summed E-state index contributed by atoms with van der Waals surface area (Å²) in [6.45, 7) is 6.32. The fourth-order valence-electron chi connectivity index (χ4n) is 4.88. The van der Waals surface area contributed by atoms with E-state index in [1.54, 1.807) is 49.4 Å². The Morgan fingerprint density at radius 3 is 2.51 bits per heavy atom. The number of fused-ring (bicyclic) bond motifs is 1. The average molecular weight is 512 g/mol. The molecule has 2 amide bonds. The number of halogens is 1. The molecular weight excluding hydrogens is 473 g/mol. The van der Waals surface area contributed by atoms with Gasteiger partial charge in [-0.05, 0) is 55.5 Å². The predicted octanol–water partition coefficient (Wildman–Crippen LogP) is 4.57. The van der Waals surface area contributed by atoms with Gasteiger partial charge in [0.25, 0.3) is 5.91 Å². The van der Waals surface area contributed by atoms with Gasteiger partial charge in [-0.2, -0.15) is 0 Å². The Balaban J connectivity index is 1.61. The largest absolute Gasteiger partial charge is 0.491 e. The fourth-order valence-corrected chi connectivity index (χ4v) is 4.88. The predicted molar refractivity (Wildman–Crippen MR) is 141 cm³/mol.